The first-order chi connectivity index (χ1) is 5.24. The second kappa shape index (κ2) is 3.58. The van der Waals surface area contributed by atoms with Gasteiger partial charge in [0.05, 0.1) is 0 Å². The van der Waals surface area contributed by atoms with Crippen LogP contribution in [0.15, 0.2) is 18.2 Å². The molecule has 0 aliphatic heterocycles. The van der Waals surface area contributed by atoms with Crippen molar-refractivity contribution < 1.29 is 9.13 Å². The van der Waals surface area contributed by atoms with Gasteiger partial charge in [0.1, 0.15) is 11.6 Å². The van der Waals surface area contributed by atoms with Crippen molar-refractivity contribution in [2.24, 2.45) is 0 Å². The zero-order chi connectivity index (χ0) is 8.27. The second-order valence-electron chi connectivity index (χ2n) is 2.16. The van der Waals surface area contributed by atoms with Crippen LogP contribution in [0.1, 0.15) is 5.56 Å². The van der Waals surface area contributed by atoms with Crippen LogP contribution in [0.2, 0.25) is 0 Å². The highest BCUT2D eigenvalue weighted by molar-refractivity contribution is 6.17. The minimum absolute atomic E-state index is 0.0441. The first-order valence-electron chi connectivity index (χ1n) is 3.19. The molecule has 0 saturated heterocycles. The average molecular weight is 175 g/mol. The second-order valence-corrected chi connectivity index (χ2v) is 2.38. The topological polar surface area (TPSA) is 9.23 Å². The highest BCUT2D eigenvalue weighted by Crippen LogP contribution is 2.15. The molecule has 0 fully saturated rings. The molecule has 0 unspecified atom stereocenters. The Morgan fingerprint density at radius 1 is 1.55 bits per heavy atom. The first-order valence-corrected chi connectivity index (χ1v) is 3.72. The van der Waals surface area contributed by atoms with Gasteiger partial charge in [-0.3, -0.25) is 0 Å². The van der Waals surface area contributed by atoms with Gasteiger partial charge in [0, 0.05) is 6.07 Å². The lowest BCUT2D eigenvalue weighted by Gasteiger charge is -2.02. The van der Waals surface area contributed by atoms with E-state index in [2.05, 4.69) is 0 Å². The monoisotopic (exact) mass is 174 g/mol. The molecular weight excluding hydrogens is 167 g/mol. The molecule has 0 radical (unpaired) electrons. The fourth-order valence-corrected chi connectivity index (χ4v) is 0.852. The number of hydrogen-bond donors (Lipinski definition) is 0. The number of alkyl halides is 1. The molecule has 3 heteroatoms. The summed E-state index contributed by atoms with van der Waals surface area (Å²) in [5.74, 6) is 0.190. The summed E-state index contributed by atoms with van der Waals surface area (Å²) in [6, 6.07) is 4.69. The van der Waals surface area contributed by atoms with Crippen LogP contribution in [0.4, 0.5) is 4.39 Å². The van der Waals surface area contributed by atoms with E-state index in [-0.39, 0.29) is 11.9 Å². The third kappa shape index (κ3) is 2.09. The van der Waals surface area contributed by atoms with E-state index in [1.165, 1.54) is 6.07 Å². The molecule has 0 saturated carbocycles. The maximum Gasteiger partial charge on any atom is 0.162 e. The van der Waals surface area contributed by atoms with Gasteiger partial charge in [0.15, 0.2) is 6.07 Å². The number of benzene rings is 1. The Bertz CT molecular complexity index is 250. The van der Waals surface area contributed by atoms with Crippen LogP contribution in [0, 0.1) is 12.7 Å². The van der Waals surface area contributed by atoms with Crippen LogP contribution in [0.3, 0.4) is 0 Å². The lowest BCUT2D eigenvalue weighted by Crippen LogP contribution is -1.90. The molecule has 1 aromatic carbocycles. The Morgan fingerprint density at radius 2 is 2.27 bits per heavy atom. The van der Waals surface area contributed by atoms with Crippen LogP contribution in [-0.2, 0) is 0 Å². The molecule has 1 nitrogen and oxygen atoms in total. The van der Waals surface area contributed by atoms with Gasteiger partial charge >= 0.3 is 0 Å². The van der Waals surface area contributed by atoms with E-state index >= 15 is 0 Å². The molecule has 1 rings (SSSR count). The predicted octanol–water partition coefficient (Wildman–Crippen LogP) is 2.71. The van der Waals surface area contributed by atoms with Gasteiger partial charge in [-0.2, -0.15) is 0 Å². The van der Waals surface area contributed by atoms with Crippen molar-refractivity contribution in [3.8, 4) is 5.75 Å². The minimum Gasteiger partial charge on any atom is -0.478 e. The molecular formula is C8H8ClFO. The smallest absolute Gasteiger partial charge is 0.162 e. The van der Waals surface area contributed by atoms with Crippen molar-refractivity contribution in [2.45, 2.75) is 6.92 Å². The van der Waals surface area contributed by atoms with Gasteiger partial charge in [-0.25, -0.2) is 4.39 Å². The maximum absolute atomic E-state index is 12.8. The summed E-state index contributed by atoms with van der Waals surface area (Å²) in [6.07, 6.45) is 0. The lowest BCUT2D eigenvalue weighted by atomic mass is 10.2. The third-order valence-corrected chi connectivity index (χ3v) is 1.47. The summed E-state index contributed by atoms with van der Waals surface area (Å²) >= 11 is 5.28. The van der Waals surface area contributed by atoms with Gasteiger partial charge in [0.2, 0.25) is 0 Å². The summed E-state index contributed by atoms with van der Waals surface area (Å²) in [5.41, 5.74) is 0.604. The van der Waals surface area contributed by atoms with Crippen molar-refractivity contribution in [3.05, 3.63) is 29.6 Å². The fraction of sp³-hybridized carbons (Fsp3) is 0.250. The average Bonchev–Trinajstić information content (AvgIpc) is 1.98. The Labute approximate surface area is 69.7 Å². The molecule has 60 valence electrons. The van der Waals surface area contributed by atoms with Gasteiger partial charge in [-0.05, 0) is 18.6 Å². The van der Waals surface area contributed by atoms with E-state index in [1.807, 2.05) is 0 Å². The molecule has 11 heavy (non-hydrogen) atoms. The van der Waals surface area contributed by atoms with Crippen molar-refractivity contribution in [1.29, 1.82) is 0 Å². The molecule has 0 amide bonds. The van der Waals surface area contributed by atoms with E-state index in [0.717, 1.165) is 0 Å². The lowest BCUT2D eigenvalue weighted by molar-refractivity contribution is 0.385. The standard InChI is InChI=1S/C8H8ClFO/c1-6-2-3-7(11-5-9)4-8(6)10/h2-4H,5H2,1H3. The van der Waals surface area contributed by atoms with Crippen LogP contribution in [-0.4, -0.2) is 6.07 Å². The zero-order valence-corrected chi connectivity index (χ0v) is 6.86. The third-order valence-electron chi connectivity index (χ3n) is 1.36. The normalized spacial score (nSPS) is 9.73. The number of rotatable bonds is 2. The summed E-state index contributed by atoms with van der Waals surface area (Å²) < 4.78 is 17.6. The minimum atomic E-state index is -0.271. The maximum atomic E-state index is 12.8. The predicted molar refractivity (Wildman–Crippen MR) is 42.5 cm³/mol. The molecule has 0 aromatic heterocycles. The van der Waals surface area contributed by atoms with Crippen LogP contribution in [0.5, 0.6) is 5.75 Å². The van der Waals surface area contributed by atoms with Crippen molar-refractivity contribution in [3.63, 3.8) is 0 Å². The van der Waals surface area contributed by atoms with Crippen LogP contribution >= 0.6 is 11.6 Å². The summed E-state index contributed by atoms with van der Waals surface area (Å²) in [5, 5.41) is 0. The molecule has 0 N–H and O–H groups in total. The largest absolute Gasteiger partial charge is 0.478 e. The molecule has 0 heterocycles. The van der Waals surface area contributed by atoms with E-state index in [1.54, 1.807) is 19.1 Å². The number of halogens is 2. The molecule has 0 aliphatic carbocycles. The van der Waals surface area contributed by atoms with Gasteiger partial charge in [-0.1, -0.05) is 17.7 Å². The van der Waals surface area contributed by atoms with Crippen molar-refractivity contribution >= 4 is 11.6 Å². The molecule has 0 aliphatic rings. The number of hydrogen-bond acceptors (Lipinski definition) is 1. The Hall–Kier alpha value is -0.760. The molecule has 0 spiro atoms. The summed E-state index contributed by atoms with van der Waals surface area (Å²) in [7, 11) is 0. The fourth-order valence-electron chi connectivity index (χ4n) is 0.726. The highest BCUT2D eigenvalue weighted by atomic mass is 35.5. The van der Waals surface area contributed by atoms with Crippen molar-refractivity contribution in [1.82, 2.24) is 0 Å². The van der Waals surface area contributed by atoms with Crippen LogP contribution < -0.4 is 4.74 Å². The van der Waals surface area contributed by atoms with Gasteiger partial charge in [0.25, 0.3) is 0 Å². The SMILES string of the molecule is Cc1ccc(OCCl)cc1F. The van der Waals surface area contributed by atoms with Gasteiger partial charge in [-0.15, -0.1) is 0 Å². The quantitative estimate of drug-likeness (QED) is 0.627. The Balaban J connectivity index is 2.86. The molecule has 0 bridgehead atoms. The van der Waals surface area contributed by atoms with E-state index in [0.29, 0.717) is 11.3 Å². The van der Waals surface area contributed by atoms with Crippen molar-refractivity contribution in [2.75, 3.05) is 6.07 Å². The van der Waals surface area contributed by atoms with Gasteiger partial charge < -0.3 is 4.74 Å². The first kappa shape index (κ1) is 8.34. The molecule has 0 atom stereocenters. The number of aryl methyl sites for hydroxylation is 1. The Morgan fingerprint density at radius 3 is 2.82 bits per heavy atom. The Kier molecular flexibility index (Phi) is 2.71. The number of ether oxygens (including phenoxy) is 1. The van der Waals surface area contributed by atoms with Crippen LogP contribution in [0.25, 0.3) is 0 Å². The summed E-state index contributed by atoms with van der Waals surface area (Å²) in [4.78, 5) is 0. The van der Waals surface area contributed by atoms with E-state index < -0.39 is 0 Å². The zero-order valence-electron chi connectivity index (χ0n) is 6.10. The molecule has 1 aromatic rings. The summed E-state index contributed by atoms with van der Waals surface area (Å²) in [6.45, 7) is 1.69. The van der Waals surface area contributed by atoms with E-state index in [9.17, 15) is 4.39 Å². The highest BCUT2D eigenvalue weighted by Gasteiger charge is 1.98. The van der Waals surface area contributed by atoms with E-state index in [4.69, 9.17) is 16.3 Å².